The van der Waals surface area contributed by atoms with Crippen molar-refractivity contribution in [1.82, 2.24) is 9.55 Å². The Morgan fingerprint density at radius 2 is 2.00 bits per heavy atom. The lowest BCUT2D eigenvalue weighted by Gasteiger charge is -2.41. The predicted octanol–water partition coefficient (Wildman–Crippen LogP) is 4.08. The molecule has 3 aromatic rings. The molecule has 1 saturated heterocycles. The van der Waals surface area contributed by atoms with Crippen molar-refractivity contribution in [3.63, 3.8) is 0 Å². The Morgan fingerprint density at radius 1 is 1.16 bits per heavy atom. The second-order valence-corrected chi connectivity index (χ2v) is 7.01. The zero-order valence-electron chi connectivity index (χ0n) is 14.3. The highest BCUT2D eigenvalue weighted by Gasteiger charge is 2.27. The molecule has 2 heterocycles. The lowest BCUT2D eigenvalue weighted by atomic mass is 10.1. The van der Waals surface area contributed by atoms with Crippen molar-refractivity contribution in [2.24, 2.45) is 7.05 Å². The minimum absolute atomic E-state index is 0.195. The largest absolute Gasteiger partial charge is 0.368 e. The summed E-state index contributed by atoms with van der Waals surface area (Å²) in [7, 11) is 2.02. The van der Waals surface area contributed by atoms with E-state index in [9.17, 15) is 4.39 Å². The minimum Gasteiger partial charge on any atom is -0.368 e. The zero-order valence-corrected chi connectivity index (χ0v) is 15.0. The second-order valence-electron chi connectivity index (χ2n) is 6.57. The first-order chi connectivity index (χ1) is 12.0. The number of anilines is 2. The number of rotatable bonds is 2. The Kier molecular flexibility index (Phi) is 4.04. The third-order valence-corrected chi connectivity index (χ3v) is 5.11. The van der Waals surface area contributed by atoms with Gasteiger partial charge >= 0.3 is 0 Å². The van der Waals surface area contributed by atoms with Gasteiger partial charge in [0.05, 0.1) is 11.0 Å². The second kappa shape index (κ2) is 6.23. The van der Waals surface area contributed by atoms with Gasteiger partial charge in [-0.15, -0.1) is 0 Å². The standard InChI is InChI=1S/C19H20ClFN4/c1-13-12-24(16-5-3-4-15(21)11-16)8-9-25(13)19-22-17-7-6-14(20)10-18(17)23(19)2/h3-7,10-11,13H,8-9,12H2,1-2H3. The molecule has 1 aliphatic rings. The fourth-order valence-corrected chi connectivity index (χ4v) is 3.74. The van der Waals surface area contributed by atoms with Crippen LogP contribution in [0.3, 0.4) is 0 Å². The zero-order chi connectivity index (χ0) is 17.6. The third kappa shape index (κ3) is 2.93. The normalized spacial score (nSPS) is 18.2. The summed E-state index contributed by atoms with van der Waals surface area (Å²) in [6.45, 7) is 4.67. The summed E-state index contributed by atoms with van der Waals surface area (Å²) in [6.07, 6.45) is 0. The van der Waals surface area contributed by atoms with Crippen molar-refractivity contribution in [1.29, 1.82) is 0 Å². The van der Waals surface area contributed by atoms with Crippen LogP contribution in [0.2, 0.25) is 5.02 Å². The Bertz CT molecular complexity index is 923. The van der Waals surface area contributed by atoms with Gasteiger partial charge < -0.3 is 14.4 Å². The molecule has 0 N–H and O–H groups in total. The molecule has 0 spiro atoms. The molecule has 0 aliphatic carbocycles. The highest BCUT2D eigenvalue weighted by atomic mass is 35.5. The minimum atomic E-state index is -0.195. The molecule has 4 rings (SSSR count). The van der Waals surface area contributed by atoms with Crippen LogP contribution in [0.5, 0.6) is 0 Å². The van der Waals surface area contributed by atoms with Gasteiger partial charge in [0, 0.05) is 43.4 Å². The van der Waals surface area contributed by atoms with Crippen LogP contribution >= 0.6 is 11.6 Å². The van der Waals surface area contributed by atoms with E-state index in [4.69, 9.17) is 16.6 Å². The van der Waals surface area contributed by atoms with Gasteiger partial charge in [0.25, 0.3) is 0 Å². The topological polar surface area (TPSA) is 24.3 Å². The van der Waals surface area contributed by atoms with Crippen LogP contribution in [0.15, 0.2) is 42.5 Å². The molecule has 0 amide bonds. The van der Waals surface area contributed by atoms with E-state index < -0.39 is 0 Å². The Hall–Kier alpha value is -2.27. The summed E-state index contributed by atoms with van der Waals surface area (Å²) in [6, 6.07) is 12.8. The maximum Gasteiger partial charge on any atom is 0.206 e. The van der Waals surface area contributed by atoms with E-state index in [0.717, 1.165) is 42.3 Å². The van der Waals surface area contributed by atoms with Crippen LogP contribution < -0.4 is 9.80 Å². The number of nitrogens with zero attached hydrogens (tertiary/aromatic N) is 4. The van der Waals surface area contributed by atoms with Crippen molar-refractivity contribution >= 4 is 34.3 Å². The van der Waals surface area contributed by atoms with Gasteiger partial charge in [-0.05, 0) is 43.3 Å². The number of fused-ring (bicyclic) bond motifs is 1. The molecule has 6 heteroatoms. The van der Waals surface area contributed by atoms with Crippen molar-refractivity contribution in [3.05, 3.63) is 53.3 Å². The molecular formula is C19H20ClFN4. The van der Waals surface area contributed by atoms with Crippen LogP contribution in [0.4, 0.5) is 16.0 Å². The van der Waals surface area contributed by atoms with E-state index >= 15 is 0 Å². The fraction of sp³-hybridized carbons (Fsp3) is 0.316. The first-order valence-electron chi connectivity index (χ1n) is 8.42. The molecule has 4 nitrogen and oxygen atoms in total. The molecule has 1 aromatic heterocycles. The number of aryl methyl sites for hydroxylation is 1. The van der Waals surface area contributed by atoms with Crippen molar-refractivity contribution in [2.45, 2.75) is 13.0 Å². The predicted molar refractivity (Wildman–Crippen MR) is 101 cm³/mol. The SMILES string of the molecule is CC1CN(c2cccc(F)c2)CCN1c1nc2ccc(Cl)cc2n1C. The maximum absolute atomic E-state index is 13.5. The van der Waals surface area contributed by atoms with Gasteiger partial charge in [0.15, 0.2) is 0 Å². The van der Waals surface area contributed by atoms with Gasteiger partial charge in [-0.25, -0.2) is 9.37 Å². The van der Waals surface area contributed by atoms with Crippen LogP contribution in [-0.2, 0) is 7.05 Å². The Balaban J connectivity index is 1.60. The van der Waals surface area contributed by atoms with Gasteiger partial charge in [-0.2, -0.15) is 0 Å². The lowest BCUT2D eigenvalue weighted by Crippen LogP contribution is -2.53. The van der Waals surface area contributed by atoms with Crippen LogP contribution in [0.1, 0.15) is 6.92 Å². The molecule has 130 valence electrons. The fourth-order valence-electron chi connectivity index (χ4n) is 3.57. The molecule has 1 fully saturated rings. The molecule has 0 radical (unpaired) electrons. The molecular weight excluding hydrogens is 339 g/mol. The monoisotopic (exact) mass is 358 g/mol. The molecule has 1 atom stereocenters. The highest BCUT2D eigenvalue weighted by Crippen LogP contribution is 2.28. The summed E-state index contributed by atoms with van der Waals surface area (Å²) in [5.74, 6) is 0.753. The summed E-state index contributed by atoms with van der Waals surface area (Å²) in [4.78, 5) is 9.33. The first kappa shape index (κ1) is 16.2. The van der Waals surface area contributed by atoms with Gasteiger partial charge in [-0.1, -0.05) is 17.7 Å². The number of hydrogen-bond donors (Lipinski definition) is 0. The summed E-state index contributed by atoms with van der Waals surface area (Å²) >= 11 is 6.12. The number of piperazine rings is 1. The van der Waals surface area contributed by atoms with Gasteiger partial charge in [0.1, 0.15) is 5.82 Å². The summed E-state index contributed by atoms with van der Waals surface area (Å²) in [5, 5.41) is 0.714. The number of hydrogen-bond acceptors (Lipinski definition) is 3. The molecule has 1 aliphatic heterocycles. The van der Waals surface area contributed by atoms with Crippen molar-refractivity contribution < 1.29 is 4.39 Å². The molecule has 0 bridgehead atoms. The maximum atomic E-state index is 13.5. The van der Waals surface area contributed by atoms with E-state index in [1.54, 1.807) is 12.1 Å². The van der Waals surface area contributed by atoms with Crippen LogP contribution in [0.25, 0.3) is 11.0 Å². The molecule has 0 saturated carbocycles. The Labute approximate surface area is 151 Å². The Morgan fingerprint density at radius 3 is 2.76 bits per heavy atom. The van der Waals surface area contributed by atoms with E-state index in [1.807, 2.05) is 31.3 Å². The number of imidazole rings is 1. The summed E-state index contributed by atoms with van der Waals surface area (Å²) < 4.78 is 15.6. The average Bonchev–Trinajstić information content (AvgIpc) is 2.91. The van der Waals surface area contributed by atoms with Crippen LogP contribution in [-0.4, -0.2) is 35.2 Å². The summed E-state index contributed by atoms with van der Waals surface area (Å²) in [5.41, 5.74) is 2.91. The number of halogens is 2. The molecule has 25 heavy (non-hydrogen) atoms. The molecule has 1 unspecified atom stereocenters. The third-order valence-electron chi connectivity index (χ3n) is 4.88. The lowest BCUT2D eigenvalue weighted by molar-refractivity contribution is 0.534. The quantitative estimate of drug-likeness (QED) is 0.690. The van der Waals surface area contributed by atoms with Crippen molar-refractivity contribution in [2.75, 3.05) is 29.4 Å². The van der Waals surface area contributed by atoms with E-state index in [1.165, 1.54) is 6.07 Å². The van der Waals surface area contributed by atoms with E-state index in [2.05, 4.69) is 21.3 Å². The highest BCUT2D eigenvalue weighted by molar-refractivity contribution is 6.31. The van der Waals surface area contributed by atoms with Crippen molar-refractivity contribution in [3.8, 4) is 0 Å². The average molecular weight is 359 g/mol. The van der Waals surface area contributed by atoms with Crippen LogP contribution in [0, 0.1) is 5.82 Å². The van der Waals surface area contributed by atoms with Gasteiger partial charge in [0.2, 0.25) is 5.95 Å². The number of aromatic nitrogens is 2. The smallest absolute Gasteiger partial charge is 0.206 e. The first-order valence-corrected chi connectivity index (χ1v) is 8.80. The van der Waals surface area contributed by atoms with E-state index in [0.29, 0.717) is 5.02 Å². The van der Waals surface area contributed by atoms with Gasteiger partial charge in [-0.3, -0.25) is 0 Å². The number of benzene rings is 2. The van der Waals surface area contributed by atoms with E-state index in [-0.39, 0.29) is 11.9 Å². The molecule has 2 aromatic carbocycles.